The van der Waals surface area contributed by atoms with Crippen LogP contribution in [0.15, 0.2) is 45.6 Å². The number of hydrogen-bond donors (Lipinski definition) is 0. The third kappa shape index (κ3) is 3.01. The van der Waals surface area contributed by atoms with Crippen LogP contribution in [0.4, 0.5) is 0 Å². The summed E-state index contributed by atoms with van der Waals surface area (Å²) in [5.41, 5.74) is 2.99. The summed E-state index contributed by atoms with van der Waals surface area (Å²) in [4.78, 5) is 24.3. The van der Waals surface area contributed by atoms with Crippen LogP contribution in [0.5, 0.6) is 17.2 Å². The van der Waals surface area contributed by atoms with E-state index in [1.807, 2.05) is 24.3 Å². The number of carbonyl (C=O) groups excluding carboxylic acids is 1. The lowest BCUT2D eigenvalue weighted by molar-refractivity contribution is -0.134. The van der Waals surface area contributed by atoms with Crippen LogP contribution in [-0.2, 0) is 24.1 Å². The van der Waals surface area contributed by atoms with E-state index in [1.54, 1.807) is 12.1 Å². The summed E-state index contributed by atoms with van der Waals surface area (Å²) in [6.07, 6.45) is 3.38. The molecule has 142 valence electrons. The molecule has 0 N–H and O–H groups in total. The van der Waals surface area contributed by atoms with E-state index in [-0.39, 0.29) is 24.8 Å². The van der Waals surface area contributed by atoms with Gasteiger partial charge in [0.05, 0.1) is 0 Å². The van der Waals surface area contributed by atoms with Gasteiger partial charge in [-0.1, -0.05) is 6.07 Å². The molecule has 2 aromatic carbocycles. The van der Waals surface area contributed by atoms with Crippen molar-refractivity contribution < 1.29 is 23.4 Å². The molecule has 1 aromatic heterocycles. The SMILES string of the molecule is O=C(CCc1ccc2c(c1)OCO2)Oc1ccc2c3c(c(=O)oc2c1)CCC3. The van der Waals surface area contributed by atoms with Crippen LogP contribution in [0.3, 0.4) is 0 Å². The van der Waals surface area contributed by atoms with Crippen molar-refractivity contribution in [2.45, 2.75) is 32.1 Å². The summed E-state index contributed by atoms with van der Waals surface area (Å²) < 4.78 is 21.5. The van der Waals surface area contributed by atoms with Crippen LogP contribution in [0.1, 0.15) is 29.5 Å². The molecule has 0 radical (unpaired) electrons. The molecule has 0 amide bonds. The first-order valence-corrected chi connectivity index (χ1v) is 9.35. The van der Waals surface area contributed by atoms with E-state index in [9.17, 15) is 9.59 Å². The number of hydrogen-bond acceptors (Lipinski definition) is 6. The molecule has 1 aliphatic heterocycles. The summed E-state index contributed by atoms with van der Waals surface area (Å²) in [5, 5.41) is 0.923. The van der Waals surface area contributed by atoms with Crippen molar-refractivity contribution in [3.63, 3.8) is 0 Å². The number of esters is 1. The van der Waals surface area contributed by atoms with Gasteiger partial charge in [-0.05, 0) is 61.1 Å². The van der Waals surface area contributed by atoms with Crippen molar-refractivity contribution in [1.82, 2.24) is 0 Å². The minimum Gasteiger partial charge on any atom is -0.454 e. The summed E-state index contributed by atoms with van der Waals surface area (Å²) in [7, 11) is 0. The minimum atomic E-state index is -0.347. The minimum absolute atomic E-state index is 0.224. The molecule has 6 heteroatoms. The standard InChI is InChI=1S/C22H18O6/c23-21(9-5-13-4-8-18-20(10-13)26-12-25-18)27-14-6-7-16-15-2-1-3-17(15)22(24)28-19(16)11-14/h4,6-8,10-11H,1-3,5,9,12H2. The Bertz CT molecular complexity index is 1140. The highest BCUT2D eigenvalue weighted by Crippen LogP contribution is 2.33. The molecule has 2 aliphatic rings. The molecule has 5 rings (SSSR count). The highest BCUT2D eigenvalue weighted by atomic mass is 16.7. The second-order valence-electron chi connectivity index (χ2n) is 7.02. The molecule has 6 nitrogen and oxygen atoms in total. The first-order chi connectivity index (χ1) is 13.7. The largest absolute Gasteiger partial charge is 0.454 e. The molecule has 0 fully saturated rings. The van der Waals surface area contributed by atoms with E-state index >= 15 is 0 Å². The smallest absolute Gasteiger partial charge is 0.339 e. The number of aryl methyl sites for hydroxylation is 2. The number of fused-ring (bicyclic) bond motifs is 4. The maximum atomic E-state index is 12.2. The zero-order chi connectivity index (χ0) is 19.1. The normalized spacial score (nSPS) is 14.3. The van der Waals surface area contributed by atoms with Crippen molar-refractivity contribution in [2.75, 3.05) is 6.79 Å². The Morgan fingerprint density at radius 2 is 1.86 bits per heavy atom. The maximum Gasteiger partial charge on any atom is 0.339 e. The molecular formula is C22H18O6. The lowest BCUT2D eigenvalue weighted by atomic mass is 10.1. The molecule has 0 atom stereocenters. The van der Waals surface area contributed by atoms with Crippen molar-refractivity contribution in [3.8, 4) is 17.2 Å². The fraction of sp³-hybridized carbons (Fsp3) is 0.273. The van der Waals surface area contributed by atoms with Crippen LogP contribution in [-0.4, -0.2) is 12.8 Å². The second kappa shape index (κ2) is 6.71. The Hall–Kier alpha value is -3.28. The maximum absolute atomic E-state index is 12.2. The van der Waals surface area contributed by atoms with Crippen LogP contribution >= 0.6 is 0 Å². The Balaban J connectivity index is 1.29. The molecule has 0 saturated carbocycles. The summed E-state index contributed by atoms with van der Waals surface area (Å²) in [5.74, 6) is 1.45. The third-order valence-electron chi connectivity index (χ3n) is 5.23. The fourth-order valence-corrected chi connectivity index (χ4v) is 3.85. The van der Waals surface area contributed by atoms with Gasteiger partial charge in [-0.15, -0.1) is 0 Å². The van der Waals surface area contributed by atoms with Gasteiger partial charge < -0.3 is 18.6 Å². The van der Waals surface area contributed by atoms with Crippen molar-refractivity contribution >= 4 is 16.9 Å². The van der Waals surface area contributed by atoms with Crippen LogP contribution in [0.25, 0.3) is 11.0 Å². The molecule has 28 heavy (non-hydrogen) atoms. The molecule has 0 unspecified atom stereocenters. The molecule has 2 heterocycles. The molecule has 0 spiro atoms. The van der Waals surface area contributed by atoms with Gasteiger partial charge in [0.2, 0.25) is 6.79 Å². The zero-order valence-corrected chi connectivity index (χ0v) is 15.2. The van der Waals surface area contributed by atoms with Crippen molar-refractivity contribution in [3.05, 3.63) is 63.5 Å². The quantitative estimate of drug-likeness (QED) is 0.393. The predicted octanol–water partition coefficient (Wildman–Crippen LogP) is 3.55. The van der Waals surface area contributed by atoms with Crippen molar-refractivity contribution in [1.29, 1.82) is 0 Å². The van der Waals surface area contributed by atoms with E-state index in [4.69, 9.17) is 18.6 Å². The number of ether oxygens (including phenoxy) is 3. The topological polar surface area (TPSA) is 75.0 Å². The molecule has 0 saturated heterocycles. The Morgan fingerprint density at radius 3 is 2.79 bits per heavy atom. The number of benzene rings is 2. The average molecular weight is 378 g/mol. The van der Waals surface area contributed by atoms with Gasteiger partial charge in [-0.3, -0.25) is 4.79 Å². The summed E-state index contributed by atoms with van der Waals surface area (Å²) in [6.45, 7) is 0.224. The average Bonchev–Trinajstić information content (AvgIpc) is 3.35. The first-order valence-electron chi connectivity index (χ1n) is 9.35. The van der Waals surface area contributed by atoms with E-state index < -0.39 is 0 Å². The summed E-state index contributed by atoms with van der Waals surface area (Å²) >= 11 is 0. The fourth-order valence-electron chi connectivity index (χ4n) is 3.85. The second-order valence-corrected chi connectivity index (χ2v) is 7.02. The van der Waals surface area contributed by atoms with E-state index in [2.05, 4.69) is 0 Å². The monoisotopic (exact) mass is 378 g/mol. The van der Waals surface area contributed by atoms with Crippen molar-refractivity contribution in [2.24, 2.45) is 0 Å². The molecule has 0 bridgehead atoms. The highest BCUT2D eigenvalue weighted by molar-refractivity contribution is 5.84. The molecular weight excluding hydrogens is 360 g/mol. The lowest BCUT2D eigenvalue weighted by Gasteiger charge is -2.08. The molecule has 3 aromatic rings. The summed E-state index contributed by atoms with van der Waals surface area (Å²) in [6, 6.07) is 10.9. The predicted molar refractivity (Wildman–Crippen MR) is 101 cm³/mol. The lowest BCUT2D eigenvalue weighted by Crippen LogP contribution is -2.10. The Morgan fingerprint density at radius 1 is 1.00 bits per heavy atom. The van der Waals surface area contributed by atoms with Gasteiger partial charge in [-0.25, -0.2) is 4.79 Å². The van der Waals surface area contributed by atoms with Gasteiger partial charge in [0, 0.05) is 23.4 Å². The van der Waals surface area contributed by atoms with E-state index in [0.29, 0.717) is 23.5 Å². The van der Waals surface area contributed by atoms with Crippen LogP contribution in [0, 0.1) is 0 Å². The number of carbonyl (C=O) groups is 1. The van der Waals surface area contributed by atoms with Crippen LogP contribution in [0.2, 0.25) is 0 Å². The van der Waals surface area contributed by atoms with Gasteiger partial charge in [0.25, 0.3) is 0 Å². The van der Waals surface area contributed by atoms with Gasteiger partial charge in [0.15, 0.2) is 11.5 Å². The Labute approximate surface area is 160 Å². The third-order valence-corrected chi connectivity index (χ3v) is 5.23. The Kier molecular flexibility index (Phi) is 4.04. The molecule has 1 aliphatic carbocycles. The van der Waals surface area contributed by atoms with Gasteiger partial charge in [-0.2, -0.15) is 0 Å². The zero-order valence-electron chi connectivity index (χ0n) is 15.2. The van der Waals surface area contributed by atoms with Gasteiger partial charge >= 0.3 is 11.6 Å². The van der Waals surface area contributed by atoms with Gasteiger partial charge in [0.1, 0.15) is 11.3 Å². The van der Waals surface area contributed by atoms with E-state index in [1.165, 1.54) is 0 Å². The highest BCUT2D eigenvalue weighted by Gasteiger charge is 2.20. The van der Waals surface area contributed by atoms with E-state index in [0.717, 1.165) is 47.1 Å². The number of rotatable bonds is 4. The van der Waals surface area contributed by atoms with Crippen LogP contribution < -0.4 is 19.8 Å². The first kappa shape index (κ1) is 16.9.